The minimum atomic E-state index is -0.359. The van der Waals surface area contributed by atoms with Gasteiger partial charge < -0.3 is 15.0 Å². The lowest BCUT2D eigenvalue weighted by Gasteiger charge is -2.08. The monoisotopic (exact) mass is 428 g/mol. The molecule has 9 heteroatoms. The van der Waals surface area contributed by atoms with Crippen LogP contribution in [0.2, 0.25) is 0 Å². The number of rotatable bonds is 5. The topological polar surface area (TPSA) is 105 Å². The second kappa shape index (κ2) is 8.25. The molecule has 0 radical (unpaired) electrons. The zero-order valence-electron chi connectivity index (χ0n) is 16.1. The van der Waals surface area contributed by atoms with Crippen LogP contribution in [-0.2, 0) is 0 Å². The fraction of sp³-hybridized carbons (Fsp3) is 0. The minimum Gasteiger partial charge on any atom is -0.438 e. The molecule has 3 aromatic heterocycles. The van der Waals surface area contributed by atoms with Crippen LogP contribution in [0.1, 0.15) is 0 Å². The zero-order chi connectivity index (χ0) is 21.0. The third kappa shape index (κ3) is 4.21. The number of amides is 2. The highest BCUT2D eigenvalue weighted by Gasteiger charge is 2.11. The lowest BCUT2D eigenvalue weighted by molar-refractivity contribution is 0.262. The molecule has 152 valence electrons. The van der Waals surface area contributed by atoms with E-state index in [4.69, 9.17) is 4.74 Å². The molecule has 2 amide bonds. The molecule has 0 bridgehead atoms. The number of carbonyl (C=O) groups excluding carboxylic acids is 1. The number of carbonyl (C=O) groups is 1. The number of hydrogen-bond acceptors (Lipinski definition) is 6. The Morgan fingerprint density at radius 2 is 1.81 bits per heavy atom. The maximum absolute atomic E-state index is 12.0. The Morgan fingerprint density at radius 3 is 2.58 bits per heavy atom. The van der Waals surface area contributed by atoms with Crippen LogP contribution in [0.15, 0.2) is 78.6 Å². The number of fused-ring (bicyclic) bond motifs is 1. The van der Waals surface area contributed by atoms with E-state index in [1.54, 1.807) is 35.8 Å². The fourth-order valence-electron chi connectivity index (χ4n) is 3.03. The first-order valence-electron chi connectivity index (χ1n) is 9.39. The van der Waals surface area contributed by atoms with Crippen molar-refractivity contribution in [2.24, 2.45) is 0 Å². The van der Waals surface area contributed by atoms with Crippen LogP contribution in [-0.4, -0.2) is 26.0 Å². The highest BCUT2D eigenvalue weighted by molar-refractivity contribution is 7.13. The number of aromatic nitrogens is 4. The summed E-state index contributed by atoms with van der Waals surface area (Å²) in [6.07, 6.45) is 3.09. The molecule has 0 aliphatic rings. The highest BCUT2D eigenvalue weighted by Crippen LogP contribution is 2.31. The third-order valence-electron chi connectivity index (χ3n) is 4.45. The normalized spacial score (nSPS) is 10.7. The third-order valence-corrected chi connectivity index (χ3v) is 5.14. The minimum absolute atomic E-state index is 0.359. The van der Waals surface area contributed by atoms with E-state index in [1.165, 1.54) is 17.7 Å². The Hall–Kier alpha value is -4.24. The van der Waals surface area contributed by atoms with Gasteiger partial charge in [-0.25, -0.2) is 19.7 Å². The summed E-state index contributed by atoms with van der Waals surface area (Å²) < 4.78 is 5.98. The van der Waals surface area contributed by atoms with Crippen molar-refractivity contribution in [3.8, 4) is 22.9 Å². The number of anilines is 2. The van der Waals surface area contributed by atoms with E-state index < -0.39 is 0 Å². The summed E-state index contributed by atoms with van der Waals surface area (Å²) in [6.45, 7) is 0. The number of benzene rings is 2. The van der Waals surface area contributed by atoms with Crippen molar-refractivity contribution in [2.45, 2.75) is 0 Å². The molecule has 0 aliphatic carbocycles. The van der Waals surface area contributed by atoms with Gasteiger partial charge in [0.1, 0.15) is 17.7 Å². The number of urea groups is 1. The molecule has 2 aromatic carbocycles. The van der Waals surface area contributed by atoms with E-state index in [1.807, 2.05) is 36.4 Å². The average molecular weight is 428 g/mol. The van der Waals surface area contributed by atoms with Gasteiger partial charge in [0.25, 0.3) is 0 Å². The van der Waals surface area contributed by atoms with Gasteiger partial charge in [-0.2, -0.15) is 0 Å². The van der Waals surface area contributed by atoms with Gasteiger partial charge in [0.05, 0.1) is 5.39 Å². The predicted molar refractivity (Wildman–Crippen MR) is 121 cm³/mol. The molecule has 3 heterocycles. The summed E-state index contributed by atoms with van der Waals surface area (Å²) in [4.78, 5) is 27.9. The van der Waals surface area contributed by atoms with Crippen molar-refractivity contribution in [2.75, 3.05) is 10.6 Å². The Balaban J connectivity index is 1.31. The Kier molecular flexibility index (Phi) is 4.99. The fourth-order valence-corrected chi connectivity index (χ4v) is 3.56. The van der Waals surface area contributed by atoms with Crippen LogP contribution in [0.4, 0.5) is 15.6 Å². The first kappa shape index (κ1) is 18.8. The van der Waals surface area contributed by atoms with E-state index in [0.29, 0.717) is 28.1 Å². The van der Waals surface area contributed by atoms with E-state index in [-0.39, 0.29) is 6.03 Å². The molecule has 0 atom stereocenters. The smallest absolute Gasteiger partial charge is 0.325 e. The first-order valence-corrected chi connectivity index (χ1v) is 10.3. The molecule has 0 spiro atoms. The SMILES string of the molecule is O=C(Nc1ccc(Oc2ncnc3[nH]c(-c4ccccc4)cc23)cc1)Nc1nccs1. The molecular weight excluding hydrogens is 412 g/mol. The van der Waals surface area contributed by atoms with Gasteiger partial charge in [-0.15, -0.1) is 11.3 Å². The Bertz CT molecular complexity index is 1320. The lowest BCUT2D eigenvalue weighted by Crippen LogP contribution is -2.19. The Labute approximate surface area is 181 Å². The van der Waals surface area contributed by atoms with Crippen molar-refractivity contribution < 1.29 is 9.53 Å². The molecule has 0 aliphatic heterocycles. The summed E-state index contributed by atoms with van der Waals surface area (Å²) in [7, 11) is 0. The van der Waals surface area contributed by atoms with Crippen LogP contribution in [0.25, 0.3) is 22.3 Å². The predicted octanol–water partition coefficient (Wildman–Crippen LogP) is 5.52. The summed E-state index contributed by atoms with van der Waals surface area (Å²) >= 11 is 1.35. The van der Waals surface area contributed by atoms with Crippen molar-refractivity contribution in [3.63, 3.8) is 0 Å². The summed E-state index contributed by atoms with van der Waals surface area (Å²) in [6, 6.07) is 18.6. The van der Waals surface area contributed by atoms with Crippen LogP contribution >= 0.6 is 11.3 Å². The Morgan fingerprint density at radius 1 is 0.968 bits per heavy atom. The summed E-state index contributed by atoms with van der Waals surface area (Å²) in [5.41, 5.74) is 3.31. The van der Waals surface area contributed by atoms with Crippen molar-refractivity contribution in [1.82, 2.24) is 19.9 Å². The van der Waals surface area contributed by atoms with Crippen LogP contribution in [0.3, 0.4) is 0 Å². The second-order valence-corrected chi connectivity index (χ2v) is 7.43. The van der Waals surface area contributed by atoms with Gasteiger partial charge in [0.15, 0.2) is 5.13 Å². The highest BCUT2D eigenvalue weighted by atomic mass is 32.1. The molecule has 31 heavy (non-hydrogen) atoms. The number of ether oxygens (including phenoxy) is 1. The molecule has 0 fully saturated rings. The van der Waals surface area contributed by atoms with Gasteiger partial charge in [0.2, 0.25) is 5.88 Å². The number of H-pyrrole nitrogens is 1. The van der Waals surface area contributed by atoms with Crippen LogP contribution in [0, 0.1) is 0 Å². The van der Waals surface area contributed by atoms with Crippen LogP contribution in [0.5, 0.6) is 11.6 Å². The molecule has 3 N–H and O–H groups in total. The first-order chi connectivity index (χ1) is 15.2. The van der Waals surface area contributed by atoms with Crippen molar-refractivity contribution >= 4 is 39.2 Å². The van der Waals surface area contributed by atoms with E-state index >= 15 is 0 Å². The van der Waals surface area contributed by atoms with E-state index in [0.717, 1.165) is 16.6 Å². The maximum Gasteiger partial charge on any atom is 0.325 e. The van der Waals surface area contributed by atoms with Gasteiger partial charge in [0, 0.05) is 23.0 Å². The second-order valence-electron chi connectivity index (χ2n) is 6.53. The van der Waals surface area contributed by atoms with Gasteiger partial charge in [-0.3, -0.25) is 5.32 Å². The standard InChI is InChI=1S/C22H16N6O2S/c29-21(28-22-23-10-11-31-22)26-15-6-8-16(9-7-15)30-20-17-12-18(14-4-2-1-3-5-14)27-19(17)24-13-25-20/h1-13H,(H,24,25,27)(H2,23,26,28,29). The number of nitrogens with one attached hydrogen (secondary N) is 3. The number of nitrogens with zero attached hydrogens (tertiary/aromatic N) is 3. The largest absolute Gasteiger partial charge is 0.438 e. The zero-order valence-corrected chi connectivity index (χ0v) is 16.9. The number of hydrogen-bond donors (Lipinski definition) is 3. The molecule has 8 nitrogen and oxygen atoms in total. The van der Waals surface area contributed by atoms with Crippen LogP contribution < -0.4 is 15.4 Å². The van der Waals surface area contributed by atoms with E-state index in [9.17, 15) is 4.79 Å². The van der Waals surface area contributed by atoms with Crippen molar-refractivity contribution in [1.29, 1.82) is 0 Å². The van der Waals surface area contributed by atoms with E-state index in [2.05, 4.69) is 30.6 Å². The molecule has 5 rings (SSSR count). The molecule has 5 aromatic rings. The lowest BCUT2D eigenvalue weighted by atomic mass is 10.1. The molecule has 0 saturated heterocycles. The molecule has 0 saturated carbocycles. The molecular formula is C22H16N6O2S. The van der Waals surface area contributed by atoms with Gasteiger partial charge in [-0.05, 0) is 35.9 Å². The average Bonchev–Trinajstić information content (AvgIpc) is 3.46. The maximum atomic E-state index is 12.0. The summed E-state index contributed by atoms with van der Waals surface area (Å²) in [5.74, 6) is 1.04. The van der Waals surface area contributed by atoms with Gasteiger partial charge >= 0.3 is 6.03 Å². The number of thiazole rings is 1. The number of aromatic amines is 1. The molecule has 0 unspecified atom stereocenters. The van der Waals surface area contributed by atoms with Gasteiger partial charge in [-0.1, -0.05) is 30.3 Å². The summed E-state index contributed by atoms with van der Waals surface area (Å²) in [5, 5.41) is 8.53. The van der Waals surface area contributed by atoms with Crippen molar-refractivity contribution in [3.05, 3.63) is 78.6 Å². The quantitative estimate of drug-likeness (QED) is 0.342.